The van der Waals surface area contributed by atoms with E-state index in [1.54, 1.807) is 12.1 Å². The summed E-state index contributed by atoms with van der Waals surface area (Å²) in [6, 6.07) is 15.9. The van der Waals surface area contributed by atoms with Gasteiger partial charge in [0.25, 0.3) is 0 Å². The first kappa shape index (κ1) is 19.2. The summed E-state index contributed by atoms with van der Waals surface area (Å²) in [4.78, 5) is 0. The lowest BCUT2D eigenvalue weighted by atomic mass is 9.98. The molecule has 3 rings (SSSR count). The molecular weight excluding hydrogens is 345 g/mol. The van der Waals surface area contributed by atoms with Crippen LogP contribution in [0.4, 0.5) is 13.2 Å². The van der Waals surface area contributed by atoms with Crippen molar-refractivity contribution in [3.8, 4) is 22.3 Å². The van der Waals surface area contributed by atoms with Crippen molar-refractivity contribution in [1.82, 2.24) is 0 Å². The molecule has 27 heavy (non-hydrogen) atoms. The van der Waals surface area contributed by atoms with E-state index in [-0.39, 0.29) is 11.1 Å². The van der Waals surface area contributed by atoms with Gasteiger partial charge in [-0.05, 0) is 53.3 Å². The summed E-state index contributed by atoms with van der Waals surface area (Å²) >= 11 is 0. The van der Waals surface area contributed by atoms with Gasteiger partial charge in [0.2, 0.25) is 0 Å². The fourth-order valence-corrected chi connectivity index (χ4v) is 3.26. The highest BCUT2D eigenvalue weighted by Crippen LogP contribution is 2.29. The second kappa shape index (κ2) is 8.90. The van der Waals surface area contributed by atoms with Crippen molar-refractivity contribution in [3.05, 3.63) is 83.7 Å². The van der Waals surface area contributed by atoms with E-state index < -0.39 is 17.5 Å². The number of benzene rings is 3. The van der Waals surface area contributed by atoms with Crippen molar-refractivity contribution in [2.75, 3.05) is 0 Å². The second-order valence-electron chi connectivity index (χ2n) is 6.86. The monoisotopic (exact) mass is 368 g/mol. The molecule has 0 bridgehead atoms. The van der Waals surface area contributed by atoms with Gasteiger partial charge in [-0.15, -0.1) is 0 Å². The molecule has 3 aromatic rings. The fourth-order valence-electron chi connectivity index (χ4n) is 3.26. The van der Waals surface area contributed by atoms with Crippen molar-refractivity contribution in [1.29, 1.82) is 0 Å². The third-order valence-electron chi connectivity index (χ3n) is 4.75. The average molecular weight is 368 g/mol. The maximum Gasteiger partial charge on any atom is 0.131 e. The quantitative estimate of drug-likeness (QED) is 0.377. The summed E-state index contributed by atoms with van der Waals surface area (Å²) in [6.07, 6.45) is 5.96. The summed E-state index contributed by atoms with van der Waals surface area (Å²) in [6.45, 7) is 2.20. The van der Waals surface area contributed by atoms with Gasteiger partial charge in [0.05, 0.1) is 0 Å². The van der Waals surface area contributed by atoms with Crippen LogP contribution in [0.15, 0.2) is 60.7 Å². The van der Waals surface area contributed by atoms with Crippen LogP contribution in [0.3, 0.4) is 0 Å². The van der Waals surface area contributed by atoms with Crippen LogP contribution >= 0.6 is 0 Å². The lowest BCUT2D eigenvalue weighted by molar-refractivity contribution is 0.583. The van der Waals surface area contributed by atoms with Crippen LogP contribution < -0.4 is 0 Å². The van der Waals surface area contributed by atoms with Crippen LogP contribution in [0, 0.1) is 17.5 Å². The molecular formula is C24H23F3. The van der Waals surface area contributed by atoms with E-state index in [0.717, 1.165) is 35.7 Å². The summed E-state index contributed by atoms with van der Waals surface area (Å²) in [5.74, 6) is -1.94. The van der Waals surface area contributed by atoms with E-state index in [4.69, 9.17) is 0 Å². The van der Waals surface area contributed by atoms with Gasteiger partial charge in [0, 0.05) is 11.6 Å². The van der Waals surface area contributed by atoms with Crippen LogP contribution in [0.1, 0.15) is 38.2 Å². The average Bonchev–Trinajstić information content (AvgIpc) is 2.65. The Morgan fingerprint density at radius 1 is 0.630 bits per heavy atom. The zero-order valence-electron chi connectivity index (χ0n) is 15.4. The molecule has 0 atom stereocenters. The highest BCUT2D eigenvalue weighted by atomic mass is 19.1. The molecule has 0 saturated heterocycles. The van der Waals surface area contributed by atoms with Crippen molar-refractivity contribution >= 4 is 0 Å². The SMILES string of the molecule is CCCCCCc1ccc(-c2ccc(-c3cc(F)cc(F)c3)c(F)c2)cc1. The molecule has 0 aliphatic heterocycles. The molecule has 0 saturated carbocycles. The van der Waals surface area contributed by atoms with E-state index >= 15 is 0 Å². The molecule has 0 aromatic heterocycles. The molecule has 0 heterocycles. The Hall–Kier alpha value is -2.55. The molecule has 0 unspecified atom stereocenters. The molecule has 140 valence electrons. The summed E-state index contributed by atoms with van der Waals surface area (Å²) in [5, 5.41) is 0. The smallest absolute Gasteiger partial charge is 0.131 e. The Bertz CT molecular complexity index is 878. The summed E-state index contributed by atoms with van der Waals surface area (Å²) < 4.78 is 41.4. The topological polar surface area (TPSA) is 0 Å². The lowest BCUT2D eigenvalue weighted by Gasteiger charge is -2.08. The third kappa shape index (κ3) is 5.00. The number of hydrogen-bond acceptors (Lipinski definition) is 0. The van der Waals surface area contributed by atoms with Gasteiger partial charge in [0.1, 0.15) is 17.5 Å². The fraction of sp³-hybridized carbons (Fsp3) is 0.250. The largest absolute Gasteiger partial charge is 0.207 e. The third-order valence-corrected chi connectivity index (χ3v) is 4.75. The molecule has 0 aliphatic carbocycles. The van der Waals surface area contributed by atoms with Gasteiger partial charge in [-0.1, -0.05) is 62.6 Å². The minimum atomic E-state index is -0.719. The molecule has 0 radical (unpaired) electrons. The standard InChI is InChI=1S/C24H23F3/c1-2-3-4-5-6-17-7-9-18(10-8-17)19-11-12-23(24(27)15-19)20-13-21(25)16-22(26)14-20/h7-16H,2-6H2,1H3. The highest BCUT2D eigenvalue weighted by molar-refractivity contribution is 5.71. The first-order valence-electron chi connectivity index (χ1n) is 9.42. The van der Waals surface area contributed by atoms with Crippen molar-refractivity contribution in [2.24, 2.45) is 0 Å². The van der Waals surface area contributed by atoms with Crippen molar-refractivity contribution in [3.63, 3.8) is 0 Å². The van der Waals surface area contributed by atoms with Crippen LogP contribution in [0.2, 0.25) is 0 Å². The first-order chi connectivity index (χ1) is 13.1. The predicted octanol–water partition coefficient (Wildman–Crippen LogP) is 7.56. The minimum Gasteiger partial charge on any atom is -0.207 e. The van der Waals surface area contributed by atoms with Gasteiger partial charge < -0.3 is 0 Å². The first-order valence-corrected chi connectivity index (χ1v) is 9.42. The predicted molar refractivity (Wildman–Crippen MR) is 105 cm³/mol. The Balaban J connectivity index is 1.77. The molecule has 0 aliphatic rings. The molecule has 3 heteroatoms. The highest BCUT2D eigenvalue weighted by Gasteiger charge is 2.10. The van der Waals surface area contributed by atoms with Gasteiger partial charge in [-0.2, -0.15) is 0 Å². The molecule has 0 amide bonds. The molecule has 0 N–H and O–H groups in total. The normalized spacial score (nSPS) is 11.0. The van der Waals surface area contributed by atoms with E-state index in [1.165, 1.54) is 37.3 Å². The number of halogens is 3. The number of rotatable bonds is 7. The van der Waals surface area contributed by atoms with Crippen LogP contribution in [0.5, 0.6) is 0 Å². The Labute approximate surface area is 158 Å². The maximum atomic E-state index is 14.6. The van der Waals surface area contributed by atoms with Gasteiger partial charge in [-0.3, -0.25) is 0 Å². The van der Waals surface area contributed by atoms with E-state index in [0.29, 0.717) is 0 Å². The lowest BCUT2D eigenvalue weighted by Crippen LogP contribution is -1.90. The Morgan fingerprint density at radius 3 is 1.93 bits per heavy atom. The number of hydrogen-bond donors (Lipinski definition) is 0. The number of aryl methyl sites for hydroxylation is 1. The molecule has 0 spiro atoms. The summed E-state index contributed by atoms with van der Waals surface area (Å²) in [5.41, 5.74) is 3.32. The summed E-state index contributed by atoms with van der Waals surface area (Å²) in [7, 11) is 0. The Morgan fingerprint density at radius 2 is 1.30 bits per heavy atom. The maximum absolute atomic E-state index is 14.6. The zero-order chi connectivity index (χ0) is 19.2. The van der Waals surface area contributed by atoms with Gasteiger partial charge >= 0.3 is 0 Å². The Kier molecular flexibility index (Phi) is 6.33. The van der Waals surface area contributed by atoms with Crippen LogP contribution in [-0.2, 0) is 6.42 Å². The number of unbranched alkanes of at least 4 members (excludes halogenated alkanes) is 3. The minimum absolute atomic E-state index is 0.185. The van der Waals surface area contributed by atoms with Crippen molar-refractivity contribution < 1.29 is 13.2 Å². The molecule has 0 nitrogen and oxygen atoms in total. The van der Waals surface area contributed by atoms with E-state index in [2.05, 4.69) is 19.1 Å². The van der Waals surface area contributed by atoms with E-state index in [9.17, 15) is 13.2 Å². The van der Waals surface area contributed by atoms with Gasteiger partial charge in [0.15, 0.2) is 0 Å². The van der Waals surface area contributed by atoms with Crippen LogP contribution in [-0.4, -0.2) is 0 Å². The second-order valence-corrected chi connectivity index (χ2v) is 6.86. The zero-order valence-corrected chi connectivity index (χ0v) is 15.4. The molecule has 3 aromatic carbocycles. The van der Waals surface area contributed by atoms with Crippen LogP contribution in [0.25, 0.3) is 22.3 Å². The molecule has 0 fully saturated rings. The van der Waals surface area contributed by atoms with Crippen molar-refractivity contribution in [2.45, 2.75) is 39.0 Å². The van der Waals surface area contributed by atoms with E-state index in [1.807, 2.05) is 12.1 Å². The van der Waals surface area contributed by atoms with Gasteiger partial charge in [-0.25, -0.2) is 13.2 Å².